The van der Waals surface area contributed by atoms with Crippen LogP contribution < -0.4 is 5.32 Å². The molecule has 2 amide bonds. The summed E-state index contributed by atoms with van der Waals surface area (Å²) in [6.07, 6.45) is 0. The second kappa shape index (κ2) is 6.31. The second-order valence-corrected chi connectivity index (χ2v) is 5.88. The molecule has 0 aliphatic rings. The van der Waals surface area contributed by atoms with Crippen molar-refractivity contribution in [3.63, 3.8) is 0 Å². The highest BCUT2D eigenvalue weighted by atomic mass is 16.6. The maximum atomic E-state index is 12.3. The third-order valence-electron chi connectivity index (χ3n) is 4.16. The molecule has 0 unspecified atom stereocenters. The van der Waals surface area contributed by atoms with E-state index in [-0.39, 0.29) is 6.03 Å². The van der Waals surface area contributed by atoms with E-state index in [2.05, 4.69) is 25.4 Å². The number of amides is 2. The molecule has 0 saturated carbocycles. The van der Waals surface area contributed by atoms with Gasteiger partial charge in [-0.05, 0) is 41.9 Å². The Kier molecular flexibility index (Phi) is 4.20. The van der Waals surface area contributed by atoms with E-state index < -0.39 is 0 Å². The van der Waals surface area contributed by atoms with Gasteiger partial charge in [-0.3, -0.25) is 4.68 Å². The molecular weight excluding hydrogens is 308 g/mol. The third-order valence-corrected chi connectivity index (χ3v) is 4.16. The Morgan fingerprint density at radius 2 is 2.04 bits per heavy atom. The van der Waals surface area contributed by atoms with Crippen molar-refractivity contribution in [2.45, 2.75) is 26.9 Å². The van der Waals surface area contributed by atoms with Gasteiger partial charge in [0.05, 0.1) is 12.2 Å². The van der Waals surface area contributed by atoms with Gasteiger partial charge < -0.3 is 10.2 Å². The molecular formula is C16H20N6O2. The summed E-state index contributed by atoms with van der Waals surface area (Å²) < 4.78 is 6.50. The Bertz CT molecular complexity index is 882. The molecule has 8 nitrogen and oxygen atoms in total. The van der Waals surface area contributed by atoms with Crippen molar-refractivity contribution in [2.75, 3.05) is 7.05 Å². The first-order valence-electron chi connectivity index (χ1n) is 7.65. The Balaban J connectivity index is 1.61. The lowest BCUT2D eigenvalue weighted by atomic mass is 10.2. The Hall–Kier alpha value is -2.90. The largest absolute Gasteiger partial charge is 0.334 e. The van der Waals surface area contributed by atoms with Crippen molar-refractivity contribution in [1.82, 2.24) is 30.3 Å². The second-order valence-electron chi connectivity index (χ2n) is 5.88. The van der Waals surface area contributed by atoms with Gasteiger partial charge in [0.2, 0.25) is 0 Å². The maximum Gasteiger partial charge on any atom is 0.317 e. The van der Waals surface area contributed by atoms with Crippen LogP contribution in [0.5, 0.6) is 0 Å². The number of carbonyl (C=O) groups excluding carboxylic acids is 1. The quantitative estimate of drug-likeness (QED) is 0.790. The maximum absolute atomic E-state index is 12.3. The Morgan fingerprint density at radius 1 is 1.29 bits per heavy atom. The molecule has 0 aliphatic heterocycles. The van der Waals surface area contributed by atoms with Crippen LogP contribution in [0.2, 0.25) is 0 Å². The van der Waals surface area contributed by atoms with Gasteiger partial charge >= 0.3 is 6.03 Å². The number of aryl methyl sites for hydroxylation is 2. The molecule has 0 saturated heterocycles. The zero-order valence-electron chi connectivity index (χ0n) is 14.2. The molecule has 8 heteroatoms. The third kappa shape index (κ3) is 3.08. The lowest BCUT2D eigenvalue weighted by Gasteiger charge is -2.18. The monoisotopic (exact) mass is 328 g/mol. The van der Waals surface area contributed by atoms with Gasteiger partial charge in [0.1, 0.15) is 11.0 Å². The number of nitrogens with zero attached hydrogens (tertiary/aromatic N) is 5. The van der Waals surface area contributed by atoms with Gasteiger partial charge in [0.25, 0.3) is 0 Å². The topological polar surface area (TPSA) is 89.1 Å². The fourth-order valence-electron chi connectivity index (χ4n) is 2.61. The average molecular weight is 328 g/mol. The molecule has 3 rings (SSSR count). The van der Waals surface area contributed by atoms with Crippen LogP contribution in [-0.2, 0) is 20.1 Å². The minimum Gasteiger partial charge on any atom is -0.334 e. The van der Waals surface area contributed by atoms with Crippen LogP contribution in [0.4, 0.5) is 4.79 Å². The molecule has 2 heterocycles. The molecule has 0 spiro atoms. The Labute approximate surface area is 139 Å². The summed E-state index contributed by atoms with van der Waals surface area (Å²) in [7, 11) is 3.67. The van der Waals surface area contributed by atoms with E-state index >= 15 is 0 Å². The highest BCUT2D eigenvalue weighted by Gasteiger charge is 2.15. The van der Waals surface area contributed by atoms with Crippen LogP contribution in [0.25, 0.3) is 11.0 Å². The first kappa shape index (κ1) is 16.0. The van der Waals surface area contributed by atoms with Gasteiger partial charge in [0, 0.05) is 31.9 Å². The predicted molar refractivity (Wildman–Crippen MR) is 88.2 cm³/mol. The molecule has 1 aromatic carbocycles. The number of aromatic nitrogens is 4. The summed E-state index contributed by atoms with van der Waals surface area (Å²) in [6, 6.07) is 5.42. The van der Waals surface area contributed by atoms with Gasteiger partial charge in [0.15, 0.2) is 0 Å². The fourth-order valence-corrected chi connectivity index (χ4v) is 2.61. The van der Waals surface area contributed by atoms with Crippen LogP contribution in [0, 0.1) is 13.8 Å². The van der Waals surface area contributed by atoms with Crippen molar-refractivity contribution in [1.29, 1.82) is 0 Å². The van der Waals surface area contributed by atoms with Gasteiger partial charge in [-0.15, -0.1) is 0 Å². The number of fused-ring (bicyclic) bond motifs is 1. The van der Waals surface area contributed by atoms with E-state index in [0.29, 0.717) is 24.1 Å². The Morgan fingerprint density at radius 3 is 2.75 bits per heavy atom. The summed E-state index contributed by atoms with van der Waals surface area (Å²) in [5, 5.41) is 14.8. The molecule has 0 aliphatic carbocycles. The van der Waals surface area contributed by atoms with E-state index in [1.54, 1.807) is 11.9 Å². The SMILES string of the molecule is Cc1nn(C)c(C)c1CN(C)C(=O)NCc1ccc2nonc2c1. The molecule has 0 radical (unpaired) electrons. The first-order valence-corrected chi connectivity index (χ1v) is 7.65. The van der Waals surface area contributed by atoms with E-state index in [0.717, 1.165) is 22.5 Å². The van der Waals surface area contributed by atoms with Crippen molar-refractivity contribution < 1.29 is 9.42 Å². The van der Waals surface area contributed by atoms with Crippen LogP contribution in [-0.4, -0.2) is 38.1 Å². The molecule has 24 heavy (non-hydrogen) atoms. The molecule has 2 aromatic heterocycles. The molecule has 126 valence electrons. The number of benzene rings is 1. The summed E-state index contributed by atoms with van der Waals surface area (Å²) in [5.41, 5.74) is 5.40. The summed E-state index contributed by atoms with van der Waals surface area (Å²) in [6.45, 7) is 4.89. The zero-order chi connectivity index (χ0) is 17.3. The molecule has 3 aromatic rings. The normalized spacial score (nSPS) is 11.0. The smallest absolute Gasteiger partial charge is 0.317 e. The van der Waals surface area contributed by atoms with Crippen molar-refractivity contribution in [2.24, 2.45) is 7.05 Å². The van der Waals surface area contributed by atoms with E-state index in [9.17, 15) is 4.79 Å². The minimum absolute atomic E-state index is 0.143. The highest BCUT2D eigenvalue weighted by Crippen LogP contribution is 2.14. The molecule has 0 bridgehead atoms. The number of nitrogens with one attached hydrogen (secondary N) is 1. The predicted octanol–water partition coefficient (Wildman–Crippen LogP) is 1.91. The first-order chi connectivity index (χ1) is 11.5. The van der Waals surface area contributed by atoms with Gasteiger partial charge in [-0.25, -0.2) is 9.42 Å². The number of hydrogen-bond donors (Lipinski definition) is 1. The van der Waals surface area contributed by atoms with E-state index in [4.69, 9.17) is 0 Å². The fraction of sp³-hybridized carbons (Fsp3) is 0.375. The molecule has 1 N–H and O–H groups in total. The van der Waals surface area contributed by atoms with Gasteiger partial charge in [-0.1, -0.05) is 6.07 Å². The minimum atomic E-state index is -0.143. The van der Waals surface area contributed by atoms with E-state index in [1.807, 2.05) is 43.8 Å². The summed E-state index contributed by atoms with van der Waals surface area (Å²) in [5.74, 6) is 0. The van der Waals surface area contributed by atoms with E-state index in [1.165, 1.54) is 0 Å². The van der Waals surface area contributed by atoms with Crippen molar-refractivity contribution in [3.8, 4) is 0 Å². The molecule has 0 atom stereocenters. The lowest BCUT2D eigenvalue weighted by Crippen LogP contribution is -2.36. The standard InChI is InChI=1S/C16H20N6O2/c1-10-13(11(2)22(4)18-10)9-21(3)16(23)17-8-12-5-6-14-15(7-12)20-24-19-14/h5-7H,8-9H2,1-4H3,(H,17,23). The summed E-state index contributed by atoms with van der Waals surface area (Å²) >= 11 is 0. The van der Waals surface area contributed by atoms with Crippen LogP contribution >= 0.6 is 0 Å². The number of rotatable bonds is 4. The highest BCUT2D eigenvalue weighted by molar-refractivity contribution is 5.75. The van der Waals surface area contributed by atoms with Crippen molar-refractivity contribution in [3.05, 3.63) is 40.7 Å². The van der Waals surface area contributed by atoms with Gasteiger partial charge in [-0.2, -0.15) is 5.10 Å². The lowest BCUT2D eigenvalue weighted by molar-refractivity contribution is 0.206. The zero-order valence-corrected chi connectivity index (χ0v) is 14.2. The number of carbonyl (C=O) groups is 1. The summed E-state index contributed by atoms with van der Waals surface area (Å²) in [4.78, 5) is 14.0. The number of urea groups is 1. The molecule has 0 fully saturated rings. The van der Waals surface area contributed by atoms with Crippen LogP contribution in [0.1, 0.15) is 22.5 Å². The average Bonchev–Trinajstić information content (AvgIpc) is 3.12. The van der Waals surface area contributed by atoms with Crippen LogP contribution in [0.15, 0.2) is 22.8 Å². The van der Waals surface area contributed by atoms with Crippen LogP contribution in [0.3, 0.4) is 0 Å². The van der Waals surface area contributed by atoms with Crippen molar-refractivity contribution >= 4 is 17.1 Å². The number of hydrogen-bond acceptors (Lipinski definition) is 5.